The normalized spacial score (nSPS) is 11.0. The molecule has 1 aromatic heterocycles. The van der Waals surface area contributed by atoms with Crippen LogP contribution in [-0.2, 0) is 17.8 Å². The van der Waals surface area contributed by atoms with Crippen LogP contribution in [0, 0.1) is 6.92 Å². The first-order valence-electron chi connectivity index (χ1n) is 6.51. The Labute approximate surface area is 147 Å². The molecule has 0 fully saturated rings. The zero-order valence-corrected chi connectivity index (χ0v) is 15.0. The smallest absolute Gasteiger partial charge is 0.239 e. The summed E-state index contributed by atoms with van der Waals surface area (Å²) in [6.07, 6.45) is 0.561. The second-order valence-corrected chi connectivity index (χ2v) is 5.79. The number of benzene rings is 1. The van der Waals surface area contributed by atoms with E-state index >= 15 is 0 Å². The van der Waals surface area contributed by atoms with Crippen LogP contribution in [0.4, 0.5) is 0 Å². The molecule has 1 aromatic carbocycles. The molecular formula is C15H21Cl2N3OS. The molecule has 4 nitrogen and oxygen atoms in total. The summed E-state index contributed by atoms with van der Waals surface area (Å²) in [5.74, 6) is -0.0401. The fourth-order valence-electron chi connectivity index (χ4n) is 2.01. The van der Waals surface area contributed by atoms with Crippen molar-refractivity contribution in [1.82, 2.24) is 9.88 Å². The Morgan fingerprint density at radius 1 is 1.32 bits per heavy atom. The lowest BCUT2D eigenvalue weighted by Gasteiger charge is -2.21. The van der Waals surface area contributed by atoms with Crippen molar-refractivity contribution >= 4 is 42.1 Å². The van der Waals surface area contributed by atoms with Gasteiger partial charge in [0.05, 0.1) is 23.8 Å². The van der Waals surface area contributed by atoms with Crippen molar-refractivity contribution in [3.8, 4) is 0 Å². The summed E-state index contributed by atoms with van der Waals surface area (Å²) >= 11 is 1.57. The predicted molar refractivity (Wildman–Crippen MR) is 95.9 cm³/mol. The number of hydrogen-bond donors (Lipinski definition) is 1. The highest BCUT2D eigenvalue weighted by atomic mass is 35.5. The molecule has 0 spiro atoms. The summed E-state index contributed by atoms with van der Waals surface area (Å²) in [6, 6.07) is 9.33. The van der Waals surface area contributed by atoms with E-state index in [1.54, 1.807) is 28.8 Å². The highest BCUT2D eigenvalue weighted by molar-refractivity contribution is 7.09. The number of rotatable bonds is 5. The van der Waals surface area contributed by atoms with E-state index in [9.17, 15) is 4.79 Å². The van der Waals surface area contributed by atoms with Gasteiger partial charge in [-0.25, -0.2) is 4.98 Å². The minimum Gasteiger partial charge on any atom is -0.339 e. The lowest BCUT2D eigenvalue weighted by Crippen LogP contribution is -2.42. The van der Waals surface area contributed by atoms with E-state index in [0.717, 1.165) is 16.1 Å². The Bertz CT molecular complexity index is 577. The largest absolute Gasteiger partial charge is 0.339 e. The van der Waals surface area contributed by atoms with E-state index in [2.05, 4.69) is 4.98 Å². The van der Waals surface area contributed by atoms with Crippen molar-refractivity contribution in [2.24, 2.45) is 5.73 Å². The SMILES string of the molecule is Cc1ncsc1CN(C)C(=O)[C@@H](N)Cc1ccccc1.Cl.Cl. The van der Waals surface area contributed by atoms with Crippen LogP contribution < -0.4 is 5.73 Å². The van der Waals surface area contributed by atoms with Crippen LogP contribution in [-0.4, -0.2) is 28.9 Å². The fourth-order valence-corrected chi connectivity index (χ4v) is 2.84. The molecule has 2 N–H and O–H groups in total. The van der Waals surface area contributed by atoms with Gasteiger partial charge in [-0.15, -0.1) is 36.2 Å². The molecule has 1 amide bonds. The van der Waals surface area contributed by atoms with E-state index in [0.29, 0.717) is 13.0 Å². The van der Waals surface area contributed by atoms with Crippen LogP contribution in [0.1, 0.15) is 16.1 Å². The van der Waals surface area contributed by atoms with E-state index < -0.39 is 6.04 Å². The van der Waals surface area contributed by atoms with Gasteiger partial charge in [0.15, 0.2) is 0 Å². The van der Waals surface area contributed by atoms with E-state index in [1.807, 2.05) is 37.3 Å². The molecule has 2 rings (SSSR count). The minimum atomic E-state index is -0.504. The predicted octanol–water partition coefficient (Wildman–Crippen LogP) is 2.82. The van der Waals surface area contributed by atoms with Gasteiger partial charge in [0.2, 0.25) is 5.91 Å². The number of halogens is 2. The first-order valence-corrected chi connectivity index (χ1v) is 7.39. The number of aromatic nitrogens is 1. The van der Waals surface area contributed by atoms with Crippen LogP contribution in [0.25, 0.3) is 0 Å². The number of thiazole rings is 1. The van der Waals surface area contributed by atoms with Crippen molar-refractivity contribution in [3.05, 3.63) is 52.0 Å². The first kappa shape index (κ1) is 20.9. The summed E-state index contributed by atoms with van der Waals surface area (Å²) in [5.41, 5.74) is 9.87. The van der Waals surface area contributed by atoms with Gasteiger partial charge in [0.25, 0.3) is 0 Å². The number of nitrogens with two attached hydrogens (primary N) is 1. The third-order valence-corrected chi connectivity index (χ3v) is 4.14. The molecule has 22 heavy (non-hydrogen) atoms. The van der Waals surface area contributed by atoms with Gasteiger partial charge in [-0.2, -0.15) is 0 Å². The van der Waals surface area contributed by atoms with Gasteiger partial charge >= 0.3 is 0 Å². The van der Waals surface area contributed by atoms with Gasteiger partial charge in [-0.3, -0.25) is 4.79 Å². The number of hydrogen-bond acceptors (Lipinski definition) is 4. The Hall–Kier alpha value is -1.14. The van der Waals surface area contributed by atoms with Crippen LogP contribution >= 0.6 is 36.2 Å². The third kappa shape index (κ3) is 5.57. The highest BCUT2D eigenvalue weighted by Crippen LogP contribution is 2.15. The molecule has 0 unspecified atom stereocenters. The van der Waals surface area contributed by atoms with Gasteiger partial charge in [0, 0.05) is 11.9 Å². The molecule has 0 aliphatic carbocycles. The van der Waals surface area contributed by atoms with Gasteiger partial charge in [-0.1, -0.05) is 30.3 Å². The lowest BCUT2D eigenvalue weighted by molar-refractivity contribution is -0.131. The highest BCUT2D eigenvalue weighted by Gasteiger charge is 2.19. The number of carbonyl (C=O) groups is 1. The molecule has 7 heteroatoms. The number of likely N-dealkylation sites (N-methyl/N-ethyl adjacent to an activating group) is 1. The third-order valence-electron chi connectivity index (χ3n) is 3.22. The molecule has 0 aliphatic rings. The van der Waals surface area contributed by atoms with Gasteiger partial charge < -0.3 is 10.6 Å². The minimum absolute atomic E-state index is 0. The standard InChI is InChI=1S/C15H19N3OS.2ClH/c1-11-14(20-10-17-11)9-18(2)15(19)13(16)8-12-6-4-3-5-7-12;;/h3-7,10,13H,8-9,16H2,1-2H3;2*1H/t13-;;/m0../s1. The Kier molecular flexibility index (Phi) is 9.28. The van der Waals surface area contributed by atoms with Crippen molar-refractivity contribution in [2.45, 2.75) is 25.9 Å². The van der Waals surface area contributed by atoms with Crippen LogP contribution in [0.2, 0.25) is 0 Å². The lowest BCUT2D eigenvalue weighted by atomic mass is 10.1. The maximum atomic E-state index is 12.3. The molecule has 1 heterocycles. The summed E-state index contributed by atoms with van der Waals surface area (Å²) in [5, 5.41) is 0. The first-order chi connectivity index (χ1) is 9.58. The molecule has 0 saturated carbocycles. The molecule has 122 valence electrons. The van der Waals surface area contributed by atoms with Crippen molar-refractivity contribution in [2.75, 3.05) is 7.05 Å². The van der Waals surface area contributed by atoms with Crippen LogP contribution in [0.5, 0.6) is 0 Å². The van der Waals surface area contributed by atoms with E-state index in [1.165, 1.54) is 0 Å². The number of carbonyl (C=O) groups excluding carboxylic acids is 1. The molecule has 0 radical (unpaired) electrons. The topological polar surface area (TPSA) is 59.2 Å². The zero-order chi connectivity index (χ0) is 14.5. The quantitative estimate of drug-likeness (QED) is 0.890. The average molecular weight is 362 g/mol. The number of nitrogens with zero attached hydrogens (tertiary/aromatic N) is 2. The maximum absolute atomic E-state index is 12.3. The van der Waals surface area contributed by atoms with Crippen molar-refractivity contribution in [3.63, 3.8) is 0 Å². The molecular weight excluding hydrogens is 341 g/mol. The van der Waals surface area contributed by atoms with Crippen LogP contribution in [0.3, 0.4) is 0 Å². The fraction of sp³-hybridized carbons (Fsp3) is 0.333. The molecule has 0 saturated heterocycles. The summed E-state index contributed by atoms with van der Waals surface area (Å²) in [6.45, 7) is 2.52. The Balaban J connectivity index is 0.00000220. The molecule has 0 bridgehead atoms. The van der Waals surface area contributed by atoms with Crippen molar-refractivity contribution in [1.29, 1.82) is 0 Å². The van der Waals surface area contributed by atoms with Crippen LogP contribution in [0.15, 0.2) is 35.8 Å². The number of aryl methyl sites for hydroxylation is 1. The van der Waals surface area contributed by atoms with E-state index in [4.69, 9.17) is 5.73 Å². The molecule has 2 aromatic rings. The molecule has 0 aliphatic heterocycles. The average Bonchev–Trinajstić information content (AvgIpc) is 2.84. The summed E-state index contributed by atoms with van der Waals surface area (Å²) in [4.78, 5) is 19.2. The van der Waals surface area contributed by atoms with Gasteiger partial charge in [-0.05, 0) is 18.9 Å². The number of amides is 1. The Morgan fingerprint density at radius 2 is 1.95 bits per heavy atom. The van der Waals surface area contributed by atoms with Crippen molar-refractivity contribution < 1.29 is 4.79 Å². The molecule has 1 atom stereocenters. The maximum Gasteiger partial charge on any atom is 0.239 e. The second-order valence-electron chi connectivity index (χ2n) is 4.85. The summed E-state index contributed by atoms with van der Waals surface area (Å²) in [7, 11) is 1.78. The van der Waals surface area contributed by atoms with E-state index in [-0.39, 0.29) is 30.7 Å². The monoisotopic (exact) mass is 361 g/mol. The Morgan fingerprint density at radius 3 is 2.50 bits per heavy atom. The zero-order valence-electron chi connectivity index (χ0n) is 12.6. The second kappa shape index (κ2) is 9.79. The van der Waals surface area contributed by atoms with Gasteiger partial charge in [0.1, 0.15) is 0 Å². The summed E-state index contributed by atoms with van der Waals surface area (Å²) < 4.78 is 0.